The average molecular weight is 567 g/mol. The first-order chi connectivity index (χ1) is 17.6. The number of epoxide rings is 1. The average Bonchev–Trinajstić information content (AvgIpc) is 3.53. The van der Waals surface area contributed by atoms with Crippen LogP contribution in [0, 0.1) is 5.41 Å². The lowest BCUT2D eigenvalue weighted by Crippen LogP contribution is -2.39. The van der Waals surface area contributed by atoms with Gasteiger partial charge in [-0.05, 0) is 20.3 Å². The van der Waals surface area contributed by atoms with E-state index in [-0.39, 0.29) is 45.7 Å². The zero-order valence-electron chi connectivity index (χ0n) is 22.3. The van der Waals surface area contributed by atoms with Gasteiger partial charge in [-0.3, -0.25) is 9.13 Å². The normalized spacial score (nSPS) is 30.6. The quantitative estimate of drug-likeness (QED) is 0.137. The summed E-state index contributed by atoms with van der Waals surface area (Å²) in [5.41, 5.74) is 1.58. The molecule has 6 atom stereocenters. The van der Waals surface area contributed by atoms with Crippen molar-refractivity contribution in [2.45, 2.75) is 45.5 Å². The fraction of sp³-hybridized carbons (Fsp3) is 0.840. The zero-order chi connectivity index (χ0) is 26.9. The Morgan fingerprint density at radius 2 is 1.59 bits per heavy atom. The smallest absolute Gasteiger partial charge is 0.211 e. The number of allylic oxidation sites excluding steroid dienone is 4. The lowest BCUT2D eigenvalue weighted by Gasteiger charge is -2.33. The third kappa shape index (κ3) is 10.6. The van der Waals surface area contributed by atoms with Gasteiger partial charge in [0.15, 0.2) is 0 Å². The van der Waals surface area contributed by atoms with Crippen molar-refractivity contribution in [1.29, 1.82) is 0 Å². The molecule has 0 radical (unpaired) electrons. The van der Waals surface area contributed by atoms with Crippen LogP contribution in [0.4, 0.5) is 0 Å². The molecule has 214 valence electrons. The molecule has 1 saturated heterocycles. The molecule has 3 aliphatic rings. The van der Waals surface area contributed by atoms with Gasteiger partial charge in [0.2, 0.25) is 14.7 Å². The Bertz CT molecular complexity index is 887. The van der Waals surface area contributed by atoms with Crippen LogP contribution in [0.1, 0.15) is 27.2 Å². The van der Waals surface area contributed by atoms with Crippen LogP contribution in [0.5, 0.6) is 0 Å². The van der Waals surface area contributed by atoms with Crippen LogP contribution in [0.25, 0.3) is 0 Å². The highest BCUT2D eigenvalue weighted by atomic mass is 31.2. The Kier molecular flexibility index (Phi) is 12.0. The maximum Gasteiger partial charge on any atom is 0.211 e. The molecule has 6 unspecified atom stereocenters. The minimum absolute atomic E-state index is 0.0256. The van der Waals surface area contributed by atoms with Crippen LogP contribution in [-0.4, -0.2) is 113 Å². The molecule has 10 nitrogen and oxygen atoms in total. The van der Waals surface area contributed by atoms with Crippen molar-refractivity contribution in [2.75, 3.05) is 84.1 Å². The van der Waals surface area contributed by atoms with Crippen molar-refractivity contribution >= 4 is 14.7 Å². The molecular weight excluding hydrogens is 522 g/mol. The van der Waals surface area contributed by atoms with E-state index in [4.69, 9.17) is 28.0 Å². The Hall–Kier alpha value is -0.380. The Balaban J connectivity index is 1.45. The second-order valence-corrected chi connectivity index (χ2v) is 15.7. The highest BCUT2D eigenvalue weighted by Crippen LogP contribution is 2.53. The molecule has 0 aliphatic carbocycles. The van der Waals surface area contributed by atoms with Gasteiger partial charge in [-0.25, -0.2) is 0 Å². The second-order valence-electron chi connectivity index (χ2n) is 10.6. The summed E-state index contributed by atoms with van der Waals surface area (Å²) < 4.78 is 59.7. The van der Waals surface area contributed by atoms with Crippen molar-refractivity contribution < 1.29 is 47.3 Å². The van der Waals surface area contributed by atoms with Gasteiger partial charge in [-0.1, -0.05) is 30.2 Å². The predicted molar refractivity (Wildman–Crippen MR) is 141 cm³/mol. The van der Waals surface area contributed by atoms with Gasteiger partial charge in [0, 0.05) is 30.1 Å². The molecular formula is C25H44O10P2. The summed E-state index contributed by atoms with van der Waals surface area (Å²) in [4.78, 5) is 0. The Labute approximate surface area is 220 Å². The third-order valence-corrected chi connectivity index (χ3v) is 11.5. The van der Waals surface area contributed by atoms with Crippen LogP contribution in [-0.2, 0) is 37.1 Å². The van der Waals surface area contributed by atoms with Gasteiger partial charge >= 0.3 is 0 Å². The van der Waals surface area contributed by atoms with Gasteiger partial charge < -0.3 is 38.2 Å². The predicted octanol–water partition coefficient (Wildman–Crippen LogP) is 3.06. The van der Waals surface area contributed by atoms with Crippen molar-refractivity contribution in [1.82, 2.24) is 0 Å². The summed E-state index contributed by atoms with van der Waals surface area (Å²) in [6, 6.07) is 0. The van der Waals surface area contributed by atoms with E-state index in [0.717, 1.165) is 11.1 Å². The lowest BCUT2D eigenvalue weighted by atomic mass is 9.88. The SMILES string of the molecule is CCC(COCC(O)COP1(=O)CC=C(C)C1)(COCC1CO1)COCC(CO)OP1(=O)CC=C(C)C1. The highest BCUT2D eigenvalue weighted by molar-refractivity contribution is 7.60. The van der Waals surface area contributed by atoms with E-state index in [0.29, 0.717) is 50.9 Å². The molecule has 0 aromatic carbocycles. The van der Waals surface area contributed by atoms with Crippen molar-refractivity contribution in [2.24, 2.45) is 5.41 Å². The van der Waals surface area contributed by atoms with Gasteiger partial charge in [0.1, 0.15) is 18.3 Å². The third-order valence-electron chi connectivity index (χ3n) is 6.76. The molecule has 3 heterocycles. The van der Waals surface area contributed by atoms with E-state index in [2.05, 4.69) is 0 Å². The first kappa shape index (κ1) is 31.2. The maximum atomic E-state index is 12.9. The number of hydrogen-bond acceptors (Lipinski definition) is 10. The molecule has 1 fully saturated rings. The first-order valence-electron chi connectivity index (χ1n) is 13.0. The Morgan fingerprint density at radius 3 is 2.14 bits per heavy atom. The van der Waals surface area contributed by atoms with Gasteiger partial charge in [-0.15, -0.1) is 0 Å². The molecule has 0 spiro atoms. The molecule has 0 aromatic heterocycles. The summed E-state index contributed by atoms with van der Waals surface area (Å²) in [5.74, 6) is 0. The summed E-state index contributed by atoms with van der Waals surface area (Å²) in [5, 5.41) is 20.1. The second kappa shape index (κ2) is 14.3. The van der Waals surface area contributed by atoms with E-state index in [1.165, 1.54) is 0 Å². The number of aliphatic hydroxyl groups excluding tert-OH is 2. The van der Waals surface area contributed by atoms with Crippen LogP contribution < -0.4 is 0 Å². The molecule has 12 heteroatoms. The van der Waals surface area contributed by atoms with E-state index >= 15 is 0 Å². The summed E-state index contributed by atoms with van der Waals surface area (Å²) in [7, 11) is -5.55. The fourth-order valence-electron chi connectivity index (χ4n) is 4.27. The van der Waals surface area contributed by atoms with Crippen molar-refractivity contribution in [3.05, 3.63) is 23.3 Å². The van der Waals surface area contributed by atoms with Crippen LogP contribution in [0.2, 0.25) is 0 Å². The van der Waals surface area contributed by atoms with E-state index in [1.807, 2.05) is 32.9 Å². The Morgan fingerprint density at radius 1 is 1.00 bits per heavy atom. The molecule has 3 rings (SSSR count). The van der Waals surface area contributed by atoms with E-state index < -0.39 is 32.4 Å². The largest absolute Gasteiger partial charge is 0.394 e. The summed E-state index contributed by atoms with van der Waals surface area (Å²) in [6.45, 7) is 7.70. The molecule has 0 bridgehead atoms. The minimum Gasteiger partial charge on any atom is -0.394 e. The molecule has 37 heavy (non-hydrogen) atoms. The molecule has 0 saturated carbocycles. The van der Waals surface area contributed by atoms with Gasteiger partial charge in [0.05, 0.1) is 59.5 Å². The summed E-state index contributed by atoms with van der Waals surface area (Å²) >= 11 is 0. The first-order valence-corrected chi connectivity index (χ1v) is 17.0. The number of ether oxygens (including phenoxy) is 4. The summed E-state index contributed by atoms with van der Waals surface area (Å²) in [6.07, 6.45) is 4.69. The van der Waals surface area contributed by atoms with Crippen LogP contribution >= 0.6 is 14.7 Å². The van der Waals surface area contributed by atoms with Gasteiger partial charge in [0.25, 0.3) is 0 Å². The van der Waals surface area contributed by atoms with E-state index in [1.54, 1.807) is 0 Å². The monoisotopic (exact) mass is 566 g/mol. The van der Waals surface area contributed by atoms with Crippen LogP contribution in [0.15, 0.2) is 23.3 Å². The van der Waals surface area contributed by atoms with E-state index in [9.17, 15) is 19.3 Å². The fourth-order valence-corrected chi connectivity index (χ4v) is 8.95. The van der Waals surface area contributed by atoms with Crippen LogP contribution in [0.3, 0.4) is 0 Å². The molecule has 0 amide bonds. The number of aliphatic hydroxyl groups is 2. The minimum atomic E-state index is -2.82. The number of hydrogen-bond donors (Lipinski definition) is 2. The highest BCUT2D eigenvalue weighted by Gasteiger charge is 2.34. The molecule has 3 aliphatic heterocycles. The molecule has 0 aromatic rings. The van der Waals surface area contributed by atoms with Crippen molar-refractivity contribution in [3.63, 3.8) is 0 Å². The van der Waals surface area contributed by atoms with Crippen molar-refractivity contribution in [3.8, 4) is 0 Å². The van der Waals surface area contributed by atoms with Gasteiger partial charge in [-0.2, -0.15) is 0 Å². The topological polar surface area (TPSA) is 133 Å². The lowest BCUT2D eigenvalue weighted by molar-refractivity contribution is -0.0962. The molecule has 2 N–H and O–H groups in total. The zero-order valence-corrected chi connectivity index (χ0v) is 24.1. The standard InChI is InChI=1S/C25H44O10P2/c1-4-25(19-32-13-24-14-33-24,17-30-10-22(27)11-34-36(28)7-5-20(2)15-36)18-31-12-23(9-26)35-37(29)8-6-21(3)16-37/h5-6,22-24,26-27H,4,7-19H2,1-3H3. The maximum absolute atomic E-state index is 12.9. The number of rotatable bonds is 19.